The first-order chi connectivity index (χ1) is 7.75. The van der Waals surface area contributed by atoms with E-state index in [0.29, 0.717) is 13.0 Å². The summed E-state index contributed by atoms with van der Waals surface area (Å²) < 4.78 is 0. The van der Waals surface area contributed by atoms with Gasteiger partial charge in [-0.05, 0) is 25.3 Å². The molecule has 1 heterocycles. The van der Waals surface area contributed by atoms with Crippen LogP contribution in [0.5, 0.6) is 0 Å². The molecule has 1 aromatic carbocycles. The van der Waals surface area contributed by atoms with Crippen LogP contribution >= 0.6 is 0 Å². The van der Waals surface area contributed by atoms with E-state index in [1.54, 1.807) is 0 Å². The summed E-state index contributed by atoms with van der Waals surface area (Å²) in [7, 11) is 0. The lowest BCUT2D eigenvalue weighted by atomic mass is 10.1. The summed E-state index contributed by atoms with van der Waals surface area (Å²) in [5, 5.41) is 1.51. The number of aryl methyl sites for hydroxylation is 1. The second kappa shape index (κ2) is 5.12. The minimum Gasteiger partial charge on any atom is -0.272 e. The van der Waals surface area contributed by atoms with Gasteiger partial charge in [-0.15, -0.1) is 0 Å². The standard InChI is InChI=1S/C13H17NO2/c1-11-5-4-6-12(9-11)10-13(15)14-7-2-3-8-16-14/h4-6,9H,2-3,7-8,10H2,1H3. The van der Waals surface area contributed by atoms with Gasteiger partial charge in [0.25, 0.3) is 5.91 Å². The largest absolute Gasteiger partial charge is 0.272 e. The van der Waals surface area contributed by atoms with E-state index in [0.717, 1.165) is 24.9 Å². The molecule has 0 saturated carbocycles. The molecule has 0 radical (unpaired) electrons. The van der Waals surface area contributed by atoms with Crippen molar-refractivity contribution in [3.05, 3.63) is 35.4 Å². The fourth-order valence-corrected chi connectivity index (χ4v) is 1.88. The van der Waals surface area contributed by atoms with Crippen LogP contribution in [0.1, 0.15) is 24.0 Å². The molecule has 1 fully saturated rings. The molecule has 0 atom stereocenters. The summed E-state index contributed by atoms with van der Waals surface area (Å²) in [4.78, 5) is 17.2. The minimum absolute atomic E-state index is 0.0605. The Labute approximate surface area is 96.0 Å². The van der Waals surface area contributed by atoms with Crippen molar-refractivity contribution < 1.29 is 9.63 Å². The van der Waals surface area contributed by atoms with E-state index in [9.17, 15) is 4.79 Å². The van der Waals surface area contributed by atoms with E-state index in [1.807, 2.05) is 31.2 Å². The third kappa shape index (κ3) is 2.83. The summed E-state index contributed by atoms with van der Waals surface area (Å²) in [5.41, 5.74) is 2.24. The van der Waals surface area contributed by atoms with Crippen LogP contribution in [0.3, 0.4) is 0 Å². The molecule has 1 aromatic rings. The Morgan fingerprint density at radius 3 is 3.00 bits per heavy atom. The number of hydrogen-bond acceptors (Lipinski definition) is 2. The van der Waals surface area contributed by atoms with Gasteiger partial charge in [-0.1, -0.05) is 29.8 Å². The highest BCUT2D eigenvalue weighted by molar-refractivity contribution is 5.77. The van der Waals surface area contributed by atoms with Gasteiger partial charge in [0.15, 0.2) is 0 Å². The SMILES string of the molecule is Cc1cccc(CC(=O)N2CCCCO2)c1. The Bertz CT molecular complexity index is 370. The Balaban J connectivity index is 1.96. The molecule has 1 saturated heterocycles. The monoisotopic (exact) mass is 219 g/mol. The van der Waals surface area contributed by atoms with E-state index in [1.165, 1.54) is 10.6 Å². The molecule has 3 nitrogen and oxygen atoms in total. The third-order valence-electron chi connectivity index (χ3n) is 2.72. The zero-order valence-electron chi connectivity index (χ0n) is 9.61. The summed E-state index contributed by atoms with van der Waals surface area (Å²) in [6.07, 6.45) is 2.52. The number of carbonyl (C=O) groups is 1. The molecule has 0 bridgehead atoms. The van der Waals surface area contributed by atoms with Gasteiger partial charge >= 0.3 is 0 Å². The summed E-state index contributed by atoms with van der Waals surface area (Å²) >= 11 is 0. The lowest BCUT2D eigenvalue weighted by Crippen LogP contribution is -2.36. The van der Waals surface area contributed by atoms with E-state index >= 15 is 0 Å². The number of hydrogen-bond donors (Lipinski definition) is 0. The maximum absolute atomic E-state index is 11.9. The molecule has 86 valence electrons. The van der Waals surface area contributed by atoms with Gasteiger partial charge in [0, 0.05) is 6.54 Å². The van der Waals surface area contributed by atoms with Crippen molar-refractivity contribution in [3.63, 3.8) is 0 Å². The van der Waals surface area contributed by atoms with Crippen LogP contribution in [0.4, 0.5) is 0 Å². The number of rotatable bonds is 2. The Morgan fingerprint density at radius 2 is 2.31 bits per heavy atom. The lowest BCUT2D eigenvalue weighted by Gasteiger charge is -2.25. The first kappa shape index (κ1) is 11.1. The molecular formula is C13H17NO2. The van der Waals surface area contributed by atoms with E-state index < -0.39 is 0 Å². The van der Waals surface area contributed by atoms with Gasteiger partial charge in [-0.2, -0.15) is 0 Å². The van der Waals surface area contributed by atoms with Gasteiger partial charge in [0.1, 0.15) is 0 Å². The molecule has 2 rings (SSSR count). The fourth-order valence-electron chi connectivity index (χ4n) is 1.88. The highest BCUT2D eigenvalue weighted by atomic mass is 16.7. The van der Waals surface area contributed by atoms with Crippen LogP contribution in [0, 0.1) is 6.92 Å². The van der Waals surface area contributed by atoms with E-state index in [2.05, 4.69) is 0 Å². The zero-order valence-corrected chi connectivity index (χ0v) is 9.61. The topological polar surface area (TPSA) is 29.5 Å². The average Bonchev–Trinajstić information content (AvgIpc) is 2.30. The van der Waals surface area contributed by atoms with E-state index in [4.69, 9.17) is 4.84 Å². The first-order valence-corrected chi connectivity index (χ1v) is 5.74. The highest BCUT2D eigenvalue weighted by Gasteiger charge is 2.17. The molecule has 0 aromatic heterocycles. The molecule has 1 amide bonds. The third-order valence-corrected chi connectivity index (χ3v) is 2.72. The van der Waals surface area contributed by atoms with Crippen LogP contribution < -0.4 is 0 Å². The quantitative estimate of drug-likeness (QED) is 0.762. The Hall–Kier alpha value is -1.35. The van der Waals surface area contributed by atoms with Crippen molar-refractivity contribution in [2.24, 2.45) is 0 Å². The summed E-state index contributed by atoms with van der Waals surface area (Å²) in [5.74, 6) is 0.0605. The fraction of sp³-hybridized carbons (Fsp3) is 0.462. The molecule has 3 heteroatoms. The minimum atomic E-state index is 0.0605. The predicted octanol–water partition coefficient (Wildman–Crippen LogP) is 2.09. The summed E-state index contributed by atoms with van der Waals surface area (Å²) in [6, 6.07) is 8.04. The molecule has 0 unspecified atom stereocenters. The average molecular weight is 219 g/mol. The van der Waals surface area contributed by atoms with Crippen molar-refractivity contribution in [3.8, 4) is 0 Å². The van der Waals surface area contributed by atoms with Crippen molar-refractivity contribution in [2.75, 3.05) is 13.2 Å². The van der Waals surface area contributed by atoms with Crippen LogP contribution in [-0.4, -0.2) is 24.1 Å². The van der Waals surface area contributed by atoms with E-state index in [-0.39, 0.29) is 5.91 Å². The van der Waals surface area contributed by atoms with Crippen LogP contribution in [-0.2, 0) is 16.1 Å². The van der Waals surface area contributed by atoms with Gasteiger partial charge < -0.3 is 0 Å². The van der Waals surface area contributed by atoms with Crippen LogP contribution in [0.2, 0.25) is 0 Å². The Kier molecular flexibility index (Phi) is 3.57. The van der Waals surface area contributed by atoms with Crippen LogP contribution in [0.15, 0.2) is 24.3 Å². The molecule has 0 aliphatic carbocycles. The maximum Gasteiger partial charge on any atom is 0.250 e. The molecule has 1 aliphatic rings. The molecule has 0 N–H and O–H groups in total. The molecule has 1 aliphatic heterocycles. The number of hydroxylamine groups is 2. The molecule has 16 heavy (non-hydrogen) atoms. The predicted molar refractivity (Wildman–Crippen MR) is 61.8 cm³/mol. The lowest BCUT2D eigenvalue weighted by molar-refractivity contribution is -0.196. The normalized spacial score (nSPS) is 16.2. The number of carbonyl (C=O) groups excluding carboxylic acids is 1. The first-order valence-electron chi connectivity index (χ1n) is 5.74. The van der Waals surface area contributed by atoms with Gasteiger partial charge in [-0.3, -0.25) is 9.63 Å². The van der Waals surface area contributed by atoms with Crippen molar-refractivity contribution in [1.82, 2.24) is 5.06 Å². The number of amides is 1. The smallest absolute Gasteiger partial charge is 0.250 e. The zero-order chi connectivity index (χ0) is 11.4. The van der Waals surface area contributed by atoms with Gasteiger partial charge in [0.05, 0.1) is 13.0 Å². The second-order valence-electron chi connectivity index (χ2n) is 4.20. The summed E-state index contributed by atoms with van der Waals surface area (Å²) in [6.45, 7) is 3.43. The van der Waals surface area contributed by atoms with Crippen molar-refractivity contribution in [1.29, 1.82) is 0 Å². The number of benzene rings is 1. The van der Waals surface area contributed by atoms with Gasteiger partial charge in [0.2, 0.25) is 0 Å². The Morgan fingerprint density at radius 1 is 1.44 bits per heavy atom. The molecular weight excluding hydrogens is 202 g/mol. The number of nitrogens with zero attached hydrogens (tertiary/aromatic N) is 1. The van der Waals surface area contributed by atoms with Crippen LogP contribution in [0.25, 0.3) is 0 Å². The van der Waals surface area contributed by atoms with Crippen molar-refractivity contribution >= 4 is 5.91 Å². The van der Waals surface area contributed by atoms with Gasteiger partial charge in [-0.25, -0.2) is 5.06 Å². The molecule has 0 spiro atoms. The second-order valence-corrected chi connectivity index (χ2v) is 4.20. The highest BCUT2D eigenvalue weighted by Crippen LogP contribution is 2.10. The maximum atomic E-state index is 11.9. The van der Waals surface area contributed by atoms with Crippen molar-refractivity contribution in [2.45, 2.75) is 26.2 Å².